The summed E-state index contributed by atoms with van der Waals surface area (Å²) in [4.78, 5) is 20.7. The van der Waals surface area contributed by atoms with Gasteiger partial charge in [0.2, 0.25) is 5.91 Å². The number of anilines is 1. The first kappa shape index (κ1) is 18.2. The number of rotatable bonds is 4. The van der Waals surface area contributed by atoms with Crippen molar-refractivity contribution in [3.63, 3.8) is 0 Å². The predicted molar refractivity (Wildman–Crippen MR) is 94.9 cm³/mol. The van der Waals surface area contributed by atoms with Crippen molar-refractivity contribution in [1.82, 2.24) is 9.97 Å². The molecule has 1 heterocycles. The van der Waals surface area contributed by atoms with Crippen molar-refractivity contribution in [2.24, 2.45) is 0 Å². The lowest BCUT2D eigenvalue weighted by Crippen LogP contribution is -2.22. The first-order valence-electron chi connectivity index (χ1n) is 7.69. The summed E-state index contributed by atoms with van der Waals surface area (Å²) in [5.74, 6) is -0.322. The summed E-state index contributed by atoms with van der Waals surface area (Å²) < 4.78 is 37.7. The van der Waals surface area contributed by atoms with E-state index in [4.69, 9.17) is 0 Å². The highest BCUT2D eigenvalue weighted by atomic mass is 32.2. The van der Waals surface area contributed by atoms with Crippen LogP contribution in [0.5, 0.6) is 0 Å². The number of alkyl halides is 3. The Morgan fingerprint density at radius 3 is 2.46 bits per heavy atom. The van der Waals surface area contributed by atoms with Gasteiger partial charge in [0.05, 0.1) is 16.3 Å². The van der Waals surface area contributed by atoms with Crippen LogP contribution in [0.1, 0.15) is 12.5 Å². The molecule has 0 spiro atoms. The van der Waals surface area contributed by atoms with Gasteiger partial charge in [-0.15, -0.1) is 0 Å². The van der Waals surface area contributed by atoms with E-state index < -0.39 is 17.0 Å². The van der Waals surface area contributed by atoms with E-state index in [0.717, 1.165) is 23.0 Å². The zero-order chi connectivity index (χ0) is 18.7. The number of nitrogens with zero attached hydrogens (tertiary/aromatic N) is 2. The van der Waals surface area contributed by atoms with Gasteiger partial charge < -0.3 is 5.32 Å². The molecule has 0 radical (unpaired) electrons. The minimum Gasteiger partial charge on any atom is -0.325 e. The summed E-state index contributed by atoms with van der Waals surface area (Å²) in [5, 5.41) is 3.64. The van der Waals surface area contributed by atoms with Crippen LogP contribution in [0.2, 0.25) is 0 Å². The number of benzene rings is 2. The number of amides is 1. The molecule has 134 valence electrons. The standard InChI is InChI=1S/C18H14F3N3OS/c1-11(26-17-14-4-2-3-5-15(14)22-10-23-17)16(25)24-13-8-6-12(7-9-13)18(19,20)21/h2-11H,1H3,(H,24,25)/t11-/m0/s1. The summed E-state index contributed by atoms with van der Waals surface area (Å²) in [6.45, 7) is 1.71. The van der Waals surface area contributed by atoms with Crippen molar-refractivity contribution in [2.45, 2.75) is 23.4 Å². The molecule has 26 heavy (non-hydrogen) atoms. The maximum Gasteiger partial charge on any atom is 0.416 e. The van der Waals surface area contributed by atoms with E-state index in [0.29, 0.717) is 10.7 Å². The molecule has 0 fully saturated rings. The molecule has 1 amide bonds. The van der Waals surface area contributed by atoms with E-state index in [-0.39, 0.29) is 5.91 Å². The molecule has 0 saturated heterocycles. The Morgan fingerprint density at radius 1 is 1.08 bits per heavy atom. The molecular weight excluding hydrogens is 363 g/mol. The molecule has 0 unspecified atom stereocenters. The molecule has 0 aliphatic heterocycles. The third-order valence-corrected chi connectivity index (χ3v) is 4.76. The van der Waals surface area contributed by atoms with E-state index >= 15 is 0 Å². The van der Waals surface area contributed by atoms with Gasteiger partial charge in [-0.2, -0.15) is 13.2 Å². The number of halogens is 3. The summed E-state index contributed by atoms with van der Waals surface area (Å²) in [5.41, 5.74) is 0.328. The second-order valence-corrected chi connectivity index (χ2v) is 6.85. The first-order chi connectivity index (χ1) is 12.3. The molecule has 1 aromatic heterocycles. The van der Waals surface area contributed by atoms with Gasteiger partial charge in [0.1, 0.15) is 11.4 Å². The summed E-state index contributed by atoms with van der Waals surface area (Å²) in [7, 11) is 0. The van der Waals surface area contributed by atoms with Crippen LogP contribution in [0, 0.1) is 0 Å². The molecule has 0 aliphatic rings. The number of carbonyl (C=O) groups is 1. The van der Waals surface area contributed by atoms with Crippen molar-refractivity contribution in [3.05, 3.63) is 60.4 Å². The van der Waals surface area contributed by atoms with Gasteiger partial charge in [-0.1, -0.05) is 30.0 Å². The number of hydrogen-bond acceptors (Lipinski definition) is 4. The van der Waals surface area contributed by atoms with Gasteiger partial charge in [-0.25, -0.2) is 9.97 Å². The average molecular weight is 377 g/mol. The molecule has 1 atom stereocenters. The fourth-order valence-electron chi connectivity index (χ4n) is 2.28. The van der Waals surface area contributed by atoms with Crippen LogP contribution in [-0.2, 0) is 11.0 Å². The zero-order valence-electron chi connectivity index (χ0n) is 13.6. The fraction of sp³-hybridized carbons (Fsp3) is 0.167. The van der Waals surface area contributed by atoms with Gasteiger partial charge in [0.15, 0.2) is 0 Å². The maximum atomic E-state index is 12.6. The molecular formula is C18H14F3N3OS. The Bertz CT molecular complexity index is 924. The summed E-state index contributed by atoms with van der Waals surface area (Å²) >= 11 is 1.26. The second kappa shape index (κ2) is 7.33. The van der Waals surface area contributed by atoms with E-state index in [9.17, 15) is 18.0 Å². The van der Waals surface area contributed by atoms with Crippen LogP contribution in [0.15, 0.2) is 59.9 Å². The summed E-state index contributed by atoms with van der Waals surface area (Å²) in [6.07, 6.45) is -2.97. The average Bonchev–Trinajstić information content (AvgIpc) is 2.61. The Morgan fingerprint density at radius 2 is 1.77 bits per heavy atom. The predicted octanol–water partition coefficient (Wildman–Crippen LogP) is 4.77. The number of nitrogens with one attached hydrogen (secondary N) is 1. The quantitative estimate of drug-likeness (QED) is 0.526. The SMILES string of the molecule is C[C@H](Sc1ncnc2ccccc12)C(=O)Nc1ccc(C(F)(F)F)cc1. The van der Waals surface area contributed by atoms with Crippen LogP contribution in [0.3, 0.4) is 0 Å². The number of aromatic nitrogens is 2. The van der Waals surface area contributed by atoms with Gasteiger partial charge in [-0.3, -0.25) is 4.79 Å². The van der Waals surface area contributed by atoms with Gasteiger partial charge in [0, 0.05) is 11.1 Å². The van der Waals surface area contributed by atoms with Crippen molar-refractivity contribution in [3.8, 4) is 0 Å². The molecule has 8 heteroatoms. The number of thioether (sulfide) groups is 1. The van der Waals surface area contributed by atoms with Crippen molar-refractivity contribution in [1.29, 1.82) is 0 Å². The molecule has 4 nitrogen and oxygen atoms in total. The van der Waals surface area contributed by atoms with Gasteiger partial charge in [-0.05, 0) is 37.3 Å². The van der Waals surface area contributed by atoms with Gasteiger partial charge in [0.25, 0.3) is 0 Å². The Kier molecular flexibility index (Phi) is 5.13. The van der Waals surface area contributed by atoms with E-state index in [1.54, 1.807) is 6.92 Å². The highest BCUT2D eigenvalue weighted by Crippen LogP contribution is 2.31. The second-order valence-electron chi connectivity index (χ2n) is 5.52. The minimum atomic E-state index is -4.40. The largest absolute Gasteiger partial charge is 0.416 e. The molecule has 2 aromatic carbocycles. The summed E-state index contributed by atoms with van der Waals surface area (Å²) in [6, 6.07) is 11.8. The Labute approximate surface area is 151 Å². The molecule has 0 aliphatic carbocycles. The highest BCUT2D eigenvalue weighted by Gasteiger charge is 2.30. The van der Waals surface area contributed by atoms with E-state index in [1.807, 2.05) is 24.3 Å². The number of para-hydroxylation sites is 1. The van der Waals surface area contributed by atoms with Crippen LogP contribution < -0.4 is 5.32 Å². The third-order valence-electron chi connectivity index (χ3n) is 3.64. The number of carbonyl (C=O) groups excluding carboxylic acids is 1. The Hall–Kier alpha value is -2.61. The lowest BCUT2D eigenvalue weighted by molar-refractivity contribution is -0.137. The molecule has 0 bridgehead atoms. The van der Waals surface area contributed by atoms with E-state index in [1.165, 1.54) is 30.2 Å². The number of fused-ring (bicyclic) bond motifs is 1. The van der Waals surface area contributed by atoms with Crippen LogP contribution in [-0.4, -0.2) is 21.1 Å². The smallest absolute Gasteiger partial charge is 0.325 e. The molecule has 0 saturated carbocycles. The maximum absolute atomic E-state index is 12.6. The molecule has 3 aromatic rings. The fourth-order valence-corrected chi connectivity index (χ4v) is 3.19. The topological polar surface area (TPSA) is 54.9 Å². The third kappa shape index (κ3) is 4.13. The minimum absolute atomic E-state index is 0.308. The van der Waals surface area contributed by atoms with E-state index in [2.05, 4.69) is 15.3 Å². The molecule has 1 N–H and O–H groups in total. The van der Waals surface area contributed by atoms with Crippen LogP contribution in [0.4, 0.5) is 18.9 Å². The zero-order valence-corrected chi connectivity index (χ0v) is 14.4. The Balaban J connectivity index is 1.70. The lowest BCUT2D eigenvalue weighted by Gasteiger charge is -2.13. The van der Waals surface area contributed by atoms with Crippen LogP contribution in [0.25, 0.3) is 10.9 Å². The van der Waals surface area contributed by atoms with Crippen molar-refractivity contribution < 1.29 is 18.0 Å². The lowest BCUT2D eigenvalue weighted by atomic mass is 10.2. The number of hydrogen-bond donors (Lipinski definition) is 1. The normalized spacial score (nSPS) is 12.8. The monoisotopic (exact) mass is 377 g/mol. The first-order valence-corrected chi connectivity index (χ1v) is 8.57. The molecule has 3 rings (SSSR count). The highest BCUT2D eigenvalue weighted by molar-refractivity contribution is 8.00. The van der Waals surface area contributed by atoms with Gasteiger partial charge >= 0.3 is 6.18 Å². The van der Waals surface area contributed by atoms with Crippen molar-refractivity contribution >= 4 is 34.3 Å². The van der Waals surface area contributed by atoms with Crippen molar-refractivity contribution in [2.75, 3.05) is 5.32 Å². The van der Waals surface area contributed by atoms with Crippen LogP contribution >= 0.6 is 11.8 Å².